The van der Waals surface area contributed by atoms with E-state index >= 15 is 0 Å². The minimum atomic E-state index is -0.449. The van der Waals surface area contributed by atoms with Gasteiger partial charge in [-0.25, -0.2) is 0 Å². The molecule has 1 aromatic rings. The Morgan fingerprint density at radius 3 is 3.15 bits per heavy atom. The fraction of sp³-hybridized carbons (Fsp3) is 0.500. The summed E-state index contributed by atoms with van der Waals surface area (Å²) in [7, 11) is 0. The molecule has 0 spiro atoms. The third kappa shape index (κ3) is 3.46. The molecule has 1 aromatic heterocycles. The molecule has 0 bridgehead atoms. The number of anilines is 1. The van der Waals surface area contributed by atoms with Gasteiger partial charge in [-0.3, -0.25) is 14.6 Å². The van der Waals surface area contributed by atoms with E-state index in [9.17, 15) is 9.59 Å². The molecule has 0 radical (unpaired) electrons. The molecule has 1 fully saturated rings. The van der Waals surface area contributed by atoms with Crippen LogP contribution in [0.25, 0.3) is 0 Å². The van der Waals surface area contributed by atoms with Gasteiger partial charge in [0.05, 0.1) is 11.3 Å². The Labute approximate surface area is 118 Å². The summed E-state index contributed by atoms with van der Waals surface area (Å²) in [6.45, 7) is 3.52. The SMILES string of the molecule is CCCNc1ccncc1C(=O)NC1CCCNC1=O. The molecule has 1 aliphatic rings. The topological polar surface area (TPSA) is 83.1 Å². The van der Waals surface area contributed by atoms with Crippen LogP contribution < -0.4 is 16.0 Å². The van der Waals surface area contributed by atoms with Gasteiger partial charge in [-0.05, 0) is 25.3 Å². The fourth-order valence-electron chi connectivity index (χ4n) is 2.13. The van der Waals surface area contributed by atoms with Gasteiger partial charge in [0.1, 0.15) is 6.04 Å². The van der Waals surface area contributed by atoms with Gasteiger partial charge < -0.3 is 16.0 Å². The summed E-state index contributed by atoms with van der Waals surface area (Å²) in [6, 6.07) is 1.32. The molecule has 0 aromatic carbocycles. The maximum Gasteiger partial charge on any atom is 0.255 e. The summed E-state index contributed by atoms with van der Waals surface area (Å²) >= 11 is 0. The van der Waals surface area contributed by atoms with Gasteiger partial charge in [0.25, 0.3) is 5.91 Å². The first-order chi connectivity index (χ1) is 9.72. The standard InChI is InChI=1S/C14H20N4O2/c1-2-6-16-11-5-8-15-9-10(11)13(19)18-12-4-3-7-17-14(12)20/h5,8-9,12H,2-4,6-7H2,1H3,(H,15,16)(H,17,20)(H,18,19). The highest BCUT2D eigenvalue weighted by molar-refractivity contribution is 6.01. The van der Waals surface area contributed by atoms with E-state index in [0.29, 0.717) is 18.5 Å². The molecule has 0 aliphatic carbocycles. The number of nitrogens with one attached hydrogen (secondary N) is 3. The highest BCUT2D eigenvalue weighted by Gasteiger charge is 2.24. The number of carbonyl (C=O) groups excluding carboxylic acids is 2. The Hall–Kier alpha value is -2.11. The first kappa shape index (κ1) is 14.3. The third-order valence-electron chi connectivity index (χ3n) is 3.22. The fourth-order valence-corrected chi connectivity index (χ4v) is 2.13. The lowest BCUT2D eigenvalue weighted by Crippen LogP contribution is -2.50. The van der Waals surface area contributed by atoms with E-state index in [0.717, 1.165) is 25.1 Å². The highest BCUT2D eigenvalue weighted by Crippen LogP contribution is 2.14. The first-order valence-electron chi connectivity index (χ1n) is 6.99. The Balaban J connectivity index is 2.06. The lowest BCUT2D eigenvalue weighted by atomic mass is 10.1. The van der Waals surface area contributed by atoms with Crippen LogP contribution in [0.1, 0.15) is 36.5 Å². The van der Waals surface area contributed by atoms with Crippen molar-refractivity contribution in [3.8, 4) is 0 Å². The van der Waals surface area contributed by atoms with Crippen molar-refractivity contribution in [2.24, 2.45) is 0 Å². The Morgan fingerprint density at radius 2 is 2.40 bits per heavy atom. The van der Waals surface area contributed by atoms with Crippen LogP contribution >= 0.6 is 0 Å². The van der Waals surface area contributed by atoms with E-state index in [1.807, 2.05) is 0 Å². The molecule has 3 N–H and O–H groups in total. The van der Waals surface area contributed by atoms with Gasteiger partial charge in [0.2, 0.25) is 5.91 Å². The van der Waals surface area contributed by atoms with Crippen LogP contribution in [0.5, 0.6) is 0 Å². The van der Waals surface area contributed by atoms with Crippen molar-refractivity contribution in [3.63, 3.8) is 0 Å². The normalized spacial score (nSPS) is 18.2. The second-order valence-electron chi connectivity index (χ2n) is 4.81. The largest absolute Gasteiger partial charge is 0.384 e. The van der Waals surface area contributed by atoms with Gasteiger partial charge >= 0.3 is 0 Å². The predicted molar refractivity (Wildman–Crippen MR) is 76.5 cm³/mol. The summed E-state index contributed by atoms with van der Waals surface area (Å²) in [4.78, 5) is 27.9. The van der Waals surface area contributed by atoms with Crippen molar-refractivity contribution in [1.29, 1.82) is 0 Å². The maximum absolute atomic E-state index is 12.3. The number of carbonyl (C=O) groups is 2. The average Bonchev–Trinajstić information content (AvgIpc) is 2.47. The number of piperidine rings is 1. The molecule has 2 rings (SSSR count). The molecule has 2 heterocycles. The van der Waals surface area contributed by atoms with Crippen LogP contribution in [-0.2, 0) is 4.79 Å². The van der Waals surface area contributed by atoms with Crippen LogP contribution in [0.4, 0.5) is 5.69 Å². The smallest absolute Gasteiger partial charge is 0.255 e. The van der Waals surface area contributed by atoms with Gasteiger partial charge in [-0.2, -0.15) is 0 Å². The van der Waals surface area contributed by atoms with Gasteiger partial charge in [-0.15, -0.1) is 0 Å². The van der Waals surface area contributed by atoms with E-state index in [4.69, 9.17) is 0 Å². The summed E-state index contributed by atoms with van der Waals surface area (Å²) in [6.07, 6.45) is 5.69. The molecule has 108 valence electrons. The average molecular weight is 276 g/mol. The molecule has 1 aliphatic heterocycles. The van der Waals surface area contributed by atoms with Crippen LogP contribution in [-0.4, -0.2) is 35.9 Å². The maximum atomic E-state index is 12.3. The van der Waals surface area contributed by atoms with Crippen molar-refractivity contribution < 1.29 is 9.59 Å². The molecule has 1 unspecified atom stereocenters. The zero-order valence-electron chi connectivity index (χ0n) is 11.6. The summed E-state index contributed by atoms with van der Waals surface area (Å²) < 4.78 is 0. The number of amides is 2. The van der Waals surface area contributed by atoms with Crippen molar-refractivity contribution >= 4 is 17.5 Å². The van der Waals surface area contributed by atoms with Crippen LogP contribution in [0.3, 0.4) is 0 Å². The Morgan fingerprint density at radius 1 is 1.55 bits per heavy atom. The van der Waals surface area contributed by atoms with Crippen molar-refractivity contribution in [1.82, 2.24) is 15.6 Å². The third-order valence-corrected chi connectivity index (χ3v) is 3.22. The molecule has 6 nitrogen and oxygen atoms in total. The van der Waals surface area contributed by atoms with E-state index < -0.39 is 6.04 Å². The Bertz CT molecular complexity index is 490. The number of rotatable bonds is 5. The Kier molecular flexibility index (Phi) is 4.92. The molecule has 2 amide bonds. The second kappa shape index (κ2) is 6.88. The molecule has 20 heavy (non-hydrogen) atoms. The van der Waals surface area contributed by atoms with E-state index in [2.05, 4.69) is 27.9 Å². The molecule has 6 heteroatoms. The number of pyridine rings is 1. The van der Waals surface area contributed by atoms with Crippen molar-refractivity contribution in [2.45, 2.75) is 32.2 Å². The van der Waals surface area contributed by atoms with Crippen LogP contribution in [0.2, 0.25) is 0 Å². The van der Waals surface area contributed by atoms with E-state index in [1.165, 1.54) is 6.20 Å². The lowest BCUT2D eigenvalue weighted by Gasteiger charge is -2.23. The first-order valence-corrected chi connectivity index (χ1v) is 6.99. The number of aromatic nitrogens is 1. The van der Waals surface area contributed by atoms with E-state index in [1.54, 1.807) is 12.3 Å². The quantitative estimate of drug-likeness (QED) is 0.746. The predicted octanol–water partition coefficient (Wildman–Crippen LogP) is 0.912. The molecular formula is C14H20N4O2. The minimum Gasteiger partial charge on any atom is -0.384 e. The van der Waals surface area contributed by atoms with Gasteiger partial charge in [0, 0.05) is 25.5 Å². The number of hydrogen-bond acceptors (Lipinski definition) is 4. The number of nitrogens with zero attached hydrogens (tertiary/aromatic N) is 1. The second-order valence-corrected chi connectivity index (χ2v) is 4.81. The monoisotopic (exact) mass is 276 g/mol. The summed E-state index contributed by atoms with van der Waals surface area (Å²) in [5.41, 5.74) is 1.22. The summed E-state index contributed by atoms with van der Waals surface area (Å²) in [5.74, 6) is -0.379. The molecule has 0 saturated carbocycles. The zero-order valence-corrected chi connectivity index (χ0v) is 11.6. The van der Waals surface area contributed by atoms with Crippen LogP contribution in [0.15, 0.2) is 18.5 Å². The zero-order chi connectivity index (χ0) is 14.4. The highest BCUT2D eigenvalue weighted by atomic mass is 16.2. The minimum absolute atomic E-state index is 0.114. The van der Waals surface area contributed by atoms with Crippen LogP contribution in [0, 0.1) is 0 Å². The lowest BCUT2D eigenvalue weighted by molar-refractivity contribution is -0.124. The molecule has 1 saturated heterocycles. The number of hydrogen-bond donors (Lipinski definition) is 3. The van der Waals surface area contributed by atoms with Gasteiger partial charge in [0.15, 0.2) is 0 Å². The summed E-state index contributed by atoms with van der Waals surface area (Å²) in [5, 5.41) is 8.71. The molecular weight excluding hydrogens is 256 g/mol. The van der Waals surface area contributed by atoms with Crippen molar-refractivity contribution in [2.75, 3.05) is 18.4 Å². The van der Waals surface area contributed by atoms with E-state index in [-0.39, 0.29) is 11.8 Å². The molecule has 1 atom stereocenters. The van der Waals surface area contributed by atoms with Crippen molar-refractivity contribution in [3.05, 3.63) is 24.0 Å². The van der Waals surface area contributed by atoms with Gasteiger partial charge in [-0.1, -0.05) is 6.92 Å².